The van der Waals surface area contributed by atoms with E-state index in [1.54, 1.807) is 18.2 Å². The summed E-state index contributed by atoms with van der Waals surface area (Å²) in [6.45, 7) is 0. The zero-order valence-electron chi connectivity index (χ0n) is 8.30. The molecular formula is C10H9ClN2O2S. The Balaban J connectivity index is 2.26. The molecule has 16 heavy (non-hydrogen) atoms. The summed E-state index contributed by atoms with van der Waals surface area (Å²) in [6, 6.07) is 5.47. The summed E-state index contributed by atoms with van der Waals surface area (Å²) in [5.41, 5.74) is 0.644. The molecule has 1 aromatic rings. The van der Waals surface area contributed by atoms with E-state index in [9.17, 15) is 8.42 Å². The lowest BCUT2D eigenvalue weighted by Gasteiger charge is -2.25. The molecule has 1 saturated carbocycles. The monoisotopic (exact) mass is 256 g/mol. The smallest absolute Gasteiger partial charge is 0.287 e. The molecule has 0 amide bonds. The second-order valence-electron chi connectivity index (χ2n) is 3.92. The van der Waals surface area contributed by atoms with Crippen molar-refractivity contribution in [1.29, 1.82) is 0 Å². The van der Waals surface area contributed by atoms with Gasteiger partial charge >= 0.3 is 0 Å². The molecule has 6 heteroatoms. The minimum absolute atomic E-state index is 0.131. The lowest BCUT2D eigenvalue weighted by molar-refractivity contribution is 0.597. The highest BCUT2D eigenvalue weighted by atomic mass is 35.5. The molecule has 4 nitrogen and oxygen atoms in total. The third kappa shape index (κ3) is 1.43. The summed E-state index contributed by atoms with van der Waals surface area (Å²) in [6.07, 6.45) is 3.53. The van der Waals surface area contributed by atoms with Gasteiger partial charge < -0.3 is 4.90 Å². The highest BCUT2D eigenvalue weighted by molar-refractivity contribution is 7.90. The minimum Gasteiger partial charge on any atom is -0.327 e. The van der Waals surface area contributed by atoms with E-state index < -0.39 is 10.0 Å². The Morgan fingerprint density at radius 2 is 2.12 bits per heavy atom. The number of fused-ring (bicyclic) bond motifs is 1. The normalized spacial score (nSPS) is 21.9. The second-order valence-corrected chi connectivity index (χ2v) is 5.90. The van der Waals surface area contributed by atoms with Gasteiger partial charge in [0.25, 0.3) is 10.0 Å². The third-order valence-electron chi connectivity index (χ3n) is 2.73. The zero-order chi connectivity index (χ0) is 11.3. The molecule has 2 aliphatic rings. The van der Waals surface area contributed by atoms with Crippen LogP contribution in [0.15, 0.2) is 27.5 Å². The van der Waals surface area contributed by atoms with Crippen LogP contribution in [0.25, 0.3) is 0 Å². The topological polar surface area (TPSA) is 49.7 Å². The largest absolute Gasteiger partial charge is 0.327 e. The Kier molecular flexibility index (Phi) is 2.03. The van der Waals surface area contributed by atoms with Crippen LogP contribution in [0, 0.1) is 0 Å². The van der Waals surface area contributed by atoms with Crippen molar-refractivity contribution in [3.05, 3.63) is 23.2 Å². The van der Waals surface area contributed by atoms with E-state index in [-0.39, 0.29) is 9.92 Å². The number of hydrogen-bond donors (Lipinski definition) is 0. The van der Waals surface area contributed by atoms with Crippen LogP contribution in [0.5, 0.6) is 0 Å². The van der Waals surface area contributed by atoms with Gasteiger partial charge in [-0.2, -0.15) is 8.42 Å². The molecule has 3 rings (SSSR count). The van der Waals surface area contributed by atoms with Crippen LogP contribution in [-0.4, -0.2) is 20.8 Å². The van der Waals surface area contributed by atoms with E-state index in [4.69, 9.17) is 11.6 Å². The maximum Gasteiger partial charge on any atom is 0.287 e. The van der Waals surface area contributed by atoms with Gasteiger partial charge in [0.1, 0.15) is 11.2 Å². The van der Waals surface area contributed by atoms with Crippen LogP contribution in [0.3, 0.4) is 0 Å². The van der Waals surface area contributed by atoms with Crippen molar-refractivity contribution in [1.82, 2.24) is 0 Å². The molecule has 0 N–H and O–H groups in total. The van der Waals surface area contributed by atoms with Crippen LogP contribution in [-0.2, 0) is 10.0 Å². The molecule has 1 fully saturated rings. The van der Waals surface area contributed by atoms with Crippen LogP contribution in [0.2, 0.25) is 5.02 Å². The Hall–Kier alpha value is -1.07. The average molecular weight is 257 g/mol. The Bertz CT molecular complexity index is 578. The number of sulfonamides is 1. The van der Waals surface area contributed by atoms with E-state index in [1.165, 1.54) is 6.34 Å². The summed E-state index contributed by atoms with van der Waals surface area (Å²) >= 11 is 5.94. The number of hydrogen-bond acceptors (Lipinski definition) is 3. The fraction of sp³-hybridized carbons (Fsp3) is 0.300. The molecule has 0 atom stereocenters. The van der Waals surface area contributed by atoms with Crippen LogP contribution in [0.1, 0.15) is 12.8 Å². The average Bonchev–Trinajstić information content (AvgIpc) is 3.01. The van der Waals surface area contributed by atoms with Gasteiger partial charge in [0.05, 0.1) is 10.7 Å². The van der Waals surface area contributed by atoms with Gasteiger partial charge in [-0.3, -0.25) is 0 Å². The SMILES string of the molecule is O=S1(=O)N=CN(C2CC2)c2cccc(Cl)c21. The quantitative estimate of drug-likeness (QED) is 0.773. The zero-order valence-corrected chi connectivity index (χ0v) is 9.87. The van der Waals surface area contributed by atoms with Crippen molar-refractivity contribution < 1.29 is 8.42 Å². The van der Waals surface area contributed by atoms with Gasteiger partial charge in [-0.1, -0.05) is 17.7 Å². The fourth-order valence-electron chi connectivity index (χ4n) is 1.83. The van der Waals surface area contributed by atoms with E-state index in [0.717, 1.165) is 12.8 Å². The maximum absolute atomic E-state index is 11.8. The van der Waals surface area contributed by atoms with Gasteiger partial charge in [0, 0.05) is 6.04 Å². The van der Waals surface area contributed by atoms with E-state index in [0.29, 0.717) is 11.7 Å². The van der Waals surface area contributed by atoms with Crippen molar-refractivity contribution in [2.75, 3.05) is 4.90 Å². The minimum atomic E-state index is -3.62. The van der Waals surface area contributed by atoms with Gasteiger partial charge in [0.2, 0.25) is 0 Å². The first-order chi connectivity index (χ1) is 7.59. The first kappa shape index (κ1) is 10.1. The van der Waals surface area contributed by atoms with Crippen molar-refractivity contribution >= 4 is 33.7 Å². The van der Waals surface area contributed by atoms with E-state index in [2.05, 4.69) is 4.40 Å². The van der Waals surface area contributed by atoms with E-state index in [1.807, 2.05) is 4.90 Å². The molecular weight excluding hydrogens is 248 g/mol. The van der Waals surface area contributed by atoms with Crippen molar-refractivity contribution in [3.63, 3.8) is 0 Å². The molecule has 1 aliphatic carbocycles. The maximum atomic E-state index is 11.8. The summed E-state index contributed by atoms with van der Waals surface area (Å²) < 4.78 is 27.1. The standard InChI is InChI=1S/C10H9ClN2O2S/c11-8-2-1-3-9-10(8)16(14,15)12-6-13(9)7-4-5-7/h1-3,6-7H,4-5H2. The summed E-state index contributed by atoms with van der Waals surface area (Å²) in [5, 5.41) is 0.236. The highest BCUT2D eigenvalue weighted by Gasteiger charge is 2.35. The van der Waals surface area contributed by atoms with E-state index >= 15 is 0 Å². The van der Waals surface area contributed by atoms with Crippen molar-refractivity contribution in [3.8, 4) is 0 Å². The number of nitrogens with zero attached hydrogens (tertiary/aromatic N) is 2. The van der Waals surface area contributed by atoms with Gasteiger partial charge in [-0.05, 0) is 25.0 Å². The van der Waals surface area contributed by atoms with Crippen LogP contribution >= 0.6 is 11.6 Å². The molecule has 84 valence electrons. The van der Waals surface area contributed by atoms with Crippen molar-refractivity contribution in [2.24, 2.45) is 4.40 Å². The number of halogens is 1. The predicted molar refractivity (Wildman–Crippen MR) is 62.6 cm³/mol. The molecule has 0 aromatic heterocycles. The molecule has 0 radical (unpaired) electrons. The lowest BCUT2D eigenvalue weighted by Crippen LogP contribution is -2.29. The summed E-state index contributed by atoms with van der Waals surface area (Å²) in [5.74, 6) is 0. The van der Waals surface area contributed by atoms with Crippen LogP contribution in [0.4, 0.5) is 5.69 Å². The van der Waals surface area contributed by atoms with Crippen LogP contribution < -0.4 is 4.90 Å². The van der Waals surface area contributed by atoms with Gasteiger partial charge in [-0.15, -0.1) is 4.40 Å². The number of rotatable bonds is 1. The Morgan fingerprint density at radius 3 is 2.81 bits per heavy atom. The van der Waals surface area contributed by atoms with Gasteiger partial charge in [-0.25, -0.2) is 0 Å². The first-order valence-electron chi connectivity index (χ1n) is 4.97. The summed E-state index contributed by atoms with van der Waals surface area (Å²) in [4.78, 5) is 2.02. The number of anilines is 1. The van der Waals surface area contributed by atoms with Crippen molar-refractivity contribution in [2.45, 2.75) is 23.8 Å². The molecule has 0 unspecified atom stereocenters. The third-order valence-corrected chi connectivity index (χ3v) is 4.48. The highest BCUT2D eigenvalue weighted by Crippen LogP contribution is 2.40. The Labute approximate surface area is 98.6 Å². The molecule has 1 aromatic carbocycles. The fourth-order valence-corrected chi connectivity index (χ4v) is 3.37. The molecule has 1 heterocycles. The molecule has 0 bridgehead atoms. The molecule has 0 saturated heterocycles. The van der Waals surface area contributed by atoms with Gasteiger partial charge in [0.15, 0.2) is 0 Å². The second kappa shape index (κ2) is 3.21. The summed E-state index contributed by atoms with van der Waals surface area (Å²) in [7, 11) is -3.62. The molecule has 0 spiro atoms. The Morgan fingerprint density at radius 1 is 1.38 bits per heavy atom. The molecule has 1 aliphatic heterocycles. The number of benzene rings is 1. The first-order valence-corrected chi connectivity index (χ1v) is 6.79. The lowest BCUT2D eigenvalue weighted by atomic mass is 10.3. The predicted octanol–water partition coefficient (Wildman–Crippen LogP) is 2.04.